The summed E-state index contributed by atoms with van der Waals surface area (Å²) < 4.78 is 63.9. The Morgan fingerprint density at radius 3 is 2.29 bits per heavy atom. The summed E-state index contributed by atoms with van der Waals surface area (Å²) in [4.78, 5) is 10.6. The van der Waals surface area contributed by atoms with Gasteiger partial charge in [-0.15, -0.1) is 0 Å². The average Bonchev–Trinajstić information content (AvgIpc) is 2.34. The molecule has 1 aromatic rings. The van der Waals surface area contributed by atoms with Crippen LogP contribution in [0.25, 0.3) is 0 Å². The number of alkyl halides is 3. The monoisotopic (exact) mass is 324 g/mol. The third-order valence-electron chi connectivity index (χ3n) is 2.73. The fraction of sp³-hybridized carbons (Fsp3) is 0.417. The standard InChI is InChI=1S/C12H15F3N2O3S/c1-7(2)10(11(16)18)17-21(19,20)9-5-3-4-8(6-9)12(13,14)15/h3-7,10,17H,1-2H3,(H2,16,18)/t10-/m0/s1. The van der Waals surface area contributed by atoms with Crippen molar-refractivity contribution in [3.63, 3.8) is 0 Å². The molecule has 0 aliphatic heterocycles. The van der Waals surface area contributed by atoms with E-state index in [-0.39, 0.29) is 0 Å². The van der Waals surface area contributed by atoms with Crippen molar-refractivity contribution >= 4 is 15.9 Å². The minimum atomic E-state index is -4.66. The molecule has 118 valence electrons. The van der Waals surface area contributed by atoms with Crippen molar-refractivity contribution < 1.29 is 26.4 Å². The first-order valence-electron chi connectivity index (χ1n) is 5.94. The molecule has 0 bridgehead atoms. The number of benzene rings is 1. The number of rotatable bonds is 5. The number of carbonyl (C=O) groups is 1. The molecule has 0 fully saturated rings. The molecule has 0 saturated heterocycles. The van der Waals surface area contributed by atoms with Crippen molar-refractivity contribution in [3.8, 4) is 0 Å². The lowest BCUT2D eigenvalue weighted by Crippen LogP contribution is -2.47. The highest BCUT2D eigenvalue weighted by Crippen LogP contribution is 2.30. The molecule has 0 aromatic heterocycles. The lowest BCUT2D eigenvalue weighted by molar-refractivity contribution is -0.137. The van der Waals surface area contributed by atoms with E-state index in [1.54, 1.807) is 13.8 Å². The number of hydrogen-bond acceptors (Lipinski definition) is 3. The third-order valence-corrected chi connectivity index (χ3v) is 4.17. The lowest BCUT2D eigenvalue weighted by atomic mass is 10.1. The molecule has 5 nitrogen and oxygen atoms in total. The van der Waals surface area contributed by atoms with Crippen LogP contribution in [0.2, 0.25) is 0 Å². The highest BCUT2D eigenvalue weighted by molar-refractivity contribution is 7.89. The zero-order valence-electron chi connectivity index (χ0n) is 11.3. The molecule has 0 radical (unpaired) electrons. The summed E-state index contributed by atoms with van der Waals surface area (Å²) in [5, 5.41) is 0. The Balaban J connectivity index is 3.17. The van der Waals surface area contributed by atoms with Crippen LogP contribution in [-0.2, 0) is 21.0 Å². The van der Waals surface area contributed by atoms with Gasteiger partial charge >= 0.3 is 6.18 Å². The van der Waals surface area contributed by atoms with Crippen molar-refractivity contribution in [1.29, 1.82) is 0 Å². The van der Waals surface area contributed by atoms with Crippen molar-refractivity contribution in [2.24, 2.45) is 11.7 Å². The summed E-state index contributed by atoms with van der Waals surface area (Å²) in [6.07, 6.45) is -4.66. The Morgan fingerprint density at radius 2 is 1.86 bits per heavy atom. The van der Waals surface area contributed by atoms with E-state index in [9.17, 15) is 26.4 Å². The molecule has 0 saturated carbocycles. The van der Waals surface area contributed by atoms with Crippen LogP contribution in [0, 0.1) is 5.92 Å². The fourth-order valence-corrected chi connectivity index (χ4v) is 3.00. The number of carbonyl (C=O) groups excluding carboxylic acids is 1. The van der Waals surface area contributed by atoms with Crippen molar-refractivity contribution in [2.75, 3.05) is 0 Å². The van der Waals surface area contributed by atoms with Crippen LogP contribution in [0.1, 0.15) is 19.4 Å². The van der Waals surface area contributed by atoms with Crippen LogP contribution in [0.5, 0.6) is 0 Å². The number of nitrogens with two attached hydrogens (primary N) is 1. The second kappa shape index (κ2) is 6.02. The summed E-state index contributed by atoms with van der Waals surface area (Å²) in [5.74, 6) is -1.34. The van der Waals surface area contributed by atoms with E-state index < -0.39 is 44.5 Å². The second-order valence-corrected chi connectivity index (χ2v) is 6.48. The van der Waals surface area contributed by atoms with Crippen LogP contribution in [0.15, 0.2) is 29.2 Å². The molecular formula is C12H15F3N2O3S. The van der Waals surface area contributed by atoms with Crippen LogP contribution in [0.3, 0.4) is 0 Å². The highest BCUT2D eigenvalue weighted by atomic mass is 32.2. The van der Waals surface area contributed by atoms with Gasteiger partial charge in [0.05, 0.1) is 10.5 Å². The number of hydrogen-bond donors (Lipinski definition) is 2. The van der Waals surface area contributed by atoms with Crippen LogP contribution < -0.4 is 10.5 Å². The smallest absolute Gasteiger partial charge is 0.368 e. The summed E-state index contributed by atoms with van der Waals surface area (Å²) in [5.41, 5.74) is 3.98. The maximum atomic E-state index is 12.6. The van der Waals surface area contributed by atoms with E-state index in [1.165, 1.54) is 0 Å². The highest BCUT2D eigenvalue weighted by Gasteiger charge is 2.32. The maximum Gasteiger partial charge on any atom is 0.416 e. The normalized spacial score (nSPS) is 14.2. The van der Waals surface area contributed by atoms with E-state index in [4.69, 9.17) is 5.73 Å². The molecule has 0 aliphatic carbocycles. The van der Waals surface area contributed by atoms with Gasteiger partial charge in [0, 0.05) is 0 Å². The Morgan fingerprint density at radius 1 is 1.29 bits per heavy atom. The van der Waals surface area contributed by atoms with Gasteiger partial charge in [0.15, 0.2) is 0 Å². The minimum Gasteiger partial charge on any atom is -0.368 e. The first-order valence-corrected chi connectivity index (χ1v) is 7.42. The summed E-state index contributed by atoms with van der Waals surface area (Å²) in [6.45, 7) is 3.12. The Kier molecular flexibility index (Phi) is 5.00. The molecule has 1 atom stereocenters. The second-order valence-electron chi connectivity index (χ2n) is 4.77. The van der Waals surface area contributed by atoms with Crippen LogP contribution in [0.4, 0.5) is 13.2 Å². The maximum absolute atomic E-state index is 12.6. The molecule has 0 heterocycles. The molecule has 1 amide bonds. The molecule has 1 rings (SSSR count). The molecule has 0 aliphatic rings. The SMILES string of the molecule is CC(C)[C@H](NS(=O)(=O)c1cccc(C(F)(F)F)c1)C(N)=O. The zero-order valence-corrected chi connectivity index (χ0v) is 12.1. The number of sulfonamides is 1. The lowest BCUT2D eigenvalue weighted by Gasteiger charge is -2.19. The Hall–Kier alpha value is -1.61. The third kappa shape index (κ3) is 4.43. The molecule has 0 unspecified atom stereocenters. The van der Waals surface area contributed by atoms with Gasteiger partial charge in [0.25, 0.3) is 0 Å². The van der Waals surface area contributed by atoms with Crippen LogP contribution >= 0.6 is 0 Å². The van der Waals surface area contributed by atoms with E-state index in [2.05, 4.69) is 0 Å². The van der Waals surface area contributed by atoms with Gasteiger partial charge in [-0.1, -0.05) is 19.9 Å². The van der Waals surface area contributed by atoms with Crippen LogP contribution in [-0.4, -0.2) is 20.4 Å². The molecule has 21 heavy (non-hydrogen) atoms. The number of nitrogens with one attached hydrogen (secondary N) is 1. The van der Waals surface area contributed by atoms with E-state index in [0.29, 0.717) is 6.07 Å². The fourth-order valence-electron chi connectivity index (χ4n) is 1.60. The van der Waals surface area contributed by atoms with E-state index in [0.717, 1.165) is 18.2 Å². The predicted molar refractivity (Wildman–Crippen MR) is 69.6 cm³/mol. The Bertz CT molecular complexity index is 627. The summed E-state index contributed by atoms with van der Waals surface area (Å²) in [6, 6.07) is 2.04. The van der Waals surface area contributed by atoms with Gasteiger partial charge in [0.1, 0.15) is 6.04 Å². The molecule has 9 heteroatoms. The van der Waals surface area contributed by atoms with Gasteiger partial charge < -0.3 is 5.73 Å². The van der Waals surface area contributed by atoms with Crippen molar-refractivity contribution in [2.45, 2.75) is 31.0 Å². The van der Waals surface area contributed by atoms with Gasteiger partial charge in [-0.3, -0.25) is 4.79 Å². The zero-order chi connectivity index (χ0) is 16.4. The topological polar surface area (TPSA) is 89.3 Å². The van der Waals surface area contributed by atoms with Gasteiger partial charge in [-0.05, 0) is 24.1 Å². The van der Waals surface area contributed by atoms with Gasteiger partial charge in [0.2, 0.25) is 15.9 Å². The van der Waals surface area contributed by atoms with Crippen molar-refractivity contribution in [3.05, 3.63) is 29.8 Å². The predicted octanol–water partition coefficient (Wildman–Crippen LogP) is 1.49. The van der Waals surface area contributed by atoms with Crippen molar-refractivity contribution in [1.82, 2.24) is 4.72 Å². The van der Waals surface area contributed by atoms with E-state index in [1.807, 2.05) is 4.72 Å². The molecule has 1 aromatic carbocycles. The number of halogens is 3. The quantitative estimate of drug-likeness (QED) is 0.860. The summed E-state index contributed by atoms with van der Waals surface area (Å²) >= 11 is 0. The molecule has 0 spiro atoms. The average molecular weight is 324 g/mol. The van der Waals surface area contributed by atoms with Gasteiger partial charge in [-0.25, -0.2) is 8.42 Å². The number of primary amides is 1. The first-order chi connectivity index (χ1) is 9.45. The minimum absolute atomic E-state index is 0.442. The van der Waals surface area contributed by atoms with E-state index >= 15 is 0 Å². The largest absolute Gasteiger partial charge is 0.416 e. The first kappa shape index (κ1) is 17.4. The molecule has 3 N–H and O–H groups in total. The Labute approximate surface area is 120 Å². The molecular weight excluding hydrogens is 309 g/mol. The summed E-state index contributed by atoms with van der Waals surface area (Å²) in [7, 11) is -4.28. The van der Waals surface area contributed by atoms with Gasteiger partial charge in [-0.2, -0.15) is 17.9 Å². The number of amides is 1.